The second-order valence-corrected chi connectivity index (χ2v) is 3.48. The molecular weight excluding hydrogens is 272 g/mol. The van der Waals surface area contributed by atoms with Gasteiger partial charge in [0.2, 0.25) is 0 Å². The first-order valence-corrected chi connectivity index (χ1v) is 5.86. The molecule has 0 spiro atoms. The fourth-order valence-electron chi connectivity index (χ4n) is 1.08. The van der Waals surface area contributed by atoms with Crippen molar-refractivity contribution in [2.75, 3.05) is 14.2 Å². The first-order chi connectivity index (χ1) is 7.69. The van der Waals surface area contributed by atoms with Crippen molar-refractivity contribution in [2.24, 2.45) is 0 Å². The van der Waals surface area contributed by atoms with E-state index in [1.54, 1.807) is 7.11 Å². The lowest BCUT2D eigenvalue weighted by molar-refractivity contribution is -0.139. The fourth-order valence-corrected chi connectivity index (χ4v) is 1.64. The SMILES string of the molecule is CC.COC(=O)Cc1cccc(OC)c1Br. The van der Waals surface area contributed by atoms with Gasteiger partial charge in [0.15, 0.2) is 0 Å². The van der Waals surface area contributed by atoms with Gasteiger partial charge >= 0.3 is 5.97 Å². The summed E-state index contributed by atoms with van der Waals surface area (Å²) >= 11 is 3.37. The molecule has 16 heavy (non-hydrogen) atoms. The Morgan fingerprint density at radius 3 is 2.44 bits per heavy atom. The quantitative estimate of drug-likeness (QED) is 0.802. The molecule has 0 aliphatic rings. The van der Waals surface area contributed by atoms with Gasteiger partial charge < -0.3 is 9.47 Å². The molecule has 0 fully saturated rings. The normalized spacial score (nSPS) is 8.81. The predicted molar refractivity (Wildman–Crippen MR) is 67.8 cm³/mol. The fraction of sp³-hybridized carbons (Fsp3) is 0.417. The van der Waals surface area contributed by atoms with E-state index in [1.807, 2.05) is 32.0 Å². The lowest BCUT2D eigenvalue weighted by Crippen LogP contribution is -2.05. The van der Waals surface area contributed by atoms with Crippen LogP contribution in [-0.2, 0) is 16.0 Å². The van der Waals surface area contributed by atoms with Crippen LogP contribution >= 0.6 is 15.9 Å². The summed E-state index contributed by atoms with van der Waals surface area (Å²) in [4.78, 5) is 11.0. The number of ether oxygens (including phenoxy) is 2. The Bertz CT molecular complexity index is 337. The van der Waals surface area contributed by atoms with Crippen molar-refractivity contribution in [2.45, 2.75) is 20.3 Å². The van der Waals surface area contributed by atoms with Crippen LogP contribution in [0.15, 0.2) is 22.7 Å². The van der Waals surface area contributed by atoms with Gasteiger partial charge in [-0.25, -0.2) is 0 Å². The van der Waals surface area contributed by atoms with Crippen molar-refractivity contribution >= 4 is 21.9 Å². The summed E-state index contributed by atoms with van der Waals surface area (Å²) in [5.41, 5.74) is 0.858. The second-order valence-electron chi connectivity index (χ2n) is 2.69. The zero-order chi connectivity index (χ0) is 12.6. The third kappa shape index (κ3) is 4.23. The lowest BCUT2D eigenvalue weighted by Gasteiger charge is -2.07. The smallest absolute Gasteiger partial charge is 0.310 e. The minimum Gasteiger partial charge on any atom is -0.496 e. The largest absolute Gasteiger partial charge is 0.496 e. The molecule has 0 aliphatic carbocycles. The highest BCUT2D eigenvalue weighted by Gasteiger charge is 2.09. The maximum Gasteiger partial charge on any atom is 0.310 e. The topological polar surface area (TPSA) is 35.5 Å². The van der Waals surface area contributed by atoms with E-state index >= 15 is 0 Å². The number of benzene rings is 1. The zero-order valence-electron chi connectivity index (χ0n) is 10.0. The van der Waals surface area contributed by atoms with Crippen LogP contribution in [0.25, 0.3) is 0 Å². The summed E-state index contributed by atoms with van der Waals surface area (Å²) in [7, 11) is 2.96. The average molecular weight is 289 g/mol. The standard InChI is InChI=1S/C10H11BrO3.C2H6/c1-13-8-5-3-4-7(10(8)11)6-9(12)14-2;1-2/h3-5H,6H2,1-2H3;1-2H3. The molecule has 0 heterocycles. The van der Waals surface area contributed by atoms with E-state index in [0.29, 0.717) is 5.75 Å². The highest BCUT2D eigenvalue weighted by atomic mass is 79.9. The summed E-state index contributed by atoms with van der Waals surface area (Å²) in [6.45, 7) is 4.00. The molecule has 0 saturated heterocycles. The average Bonchev–Trinajstić information content (AvgIpc) is 2.34. The third-order valence-electron chi connectivity index (χ3n) is 1.83. The number of methoxy groups -OCH3 is 2. The van der Waals surface area contributed by atoms with Crippen LogP contribution in [0.4, 0.5) is 0 Å². The number of carbonyl (C=O) groups is 1. The van der Waals surface area contributed by atoms with E-state index in [9.17, 15) is 4.79 Å². The number of esters is 1. The monoisotopic (exact) mass is 288 g/mol. The molecule has 0 unspecified atom stereocenters. The first kappa shape index (κ1) is 15.0. The van der Waals surface area contributed by atoms with E-state index in [1.165, 1.54) is 7.11 Å². The molecule has 0 aromatic heterocycles. The molecule has 4 heteroatoms. The summed E-state index contributed by atoms with van der Waals surface area (Å²) in [5, 5.41) is 0. The molecule has 0 radical (unpaired) electrons. The lowest BCUT2D eigenvalue weighted by atomic mass is 10.1. The molecule has 1 rings (SSSR count). The van der Waals surface area contributed by atoms with Gasteiger partial charge in [-0.15, -0.1) is 0 Å². The Balaban J connectivity index is 0.00000106. The van der Waals surface area contributed by atoms with E-state index < -0.39 is 0 Å². The number of hydrogen-bond acceptors (Lipinski definition) is 3. The molecule has 0 N–H and O–H groups in total. The van der Waals surface area contributed by atoms with Crippen LogP contribution in [0.2, 0.25) is 0 Å². The Morgan fingerprint density at radius 1 is 1.31 bits per heavy atom. The van der Waals surface area contributed by atoms with E-state index in [-0.39, 0.29) is 12.4 Å². The Labute approximate surface area is 105 Å². The number of halogens is 1. The van der Waals surface area contributed by atoms with Crippen LogP contribution in [0.1, 0.15) is 19.4 Å². The number of carbonyl (C=O) groups excluding carboxylic acids is 1. The molecule has 90 valence electrons. The zero-order valence-corrected chi connectivity index (χ0v) is 11.6. The van der Waals surface area contributed by atoms with Gasteiger partial charge in [0.25, 0.3) is 0 Å². The highest BCUT2D eigenvalue weighted by molar-refractivity contribution is 9.10. The molecule has 0 amide bonds. The van der Waals surface area contributed by atoms with Crippen molar-refractivity contribution in [3.63, 3.8) is 0 Å². The molecule has 0 aliphatic heterocycles. The Kier molecular flexibility index (Phi) is 7.64. The third-order valence-corrected chi connectivity index (χ3v) is 2.73. The van der Waals surface area contributed by atoms with Crippen LogP contribution in [0.5, 0.6) is 5.75 Å². The number of rotatable bonds is 3. The van der Waals surface area contributed by atoms with Gasteiger partial charge in [-0.3, -0.25) is 4.79 Å². The summed E-state index contributed by atoms with van der Waals surface area (Å²) in [6, 6.07) is 5.51. The van der Waals surface area contributed by atoms with E-state index in [2.05, 4.69) is 20.7 Å². The van der Waals surface area contributed by atoms with Crippen LogP contribution < -0.4 is 4.74 Å². The Morgan fingerprint density at radius 2 is 1.94 bits per heavy atom. The number of hydrogen-bond donors (Lipinski definition) is 0. The van der Waals surface area contributed by atoms with E-state index in [4.69, 9.17) is 4.74 Å². The Hall–Kier alpha value is -1.03. The van der Waals surface area contributed by atoms with Crippen molar-refractivity contribution in [3.8, 4) is 5.75 Å². The summed E-state index contributed by atoms with van der Waals surface area (Å²) in [6.07, 6.45) is 0.244. The molecule has 0 atom stereocenters. The minimum atomic E-state index is -0.265. The minimum absolute atomic E-state index is 0.244. The van der Waals surface area contributed by atoms with Gasteiger partial charge in [-0.2, -0.15) is 0 Å². The molecule has 0 bridgehead atoms. The van der Waals surface area contributed by atoms with Crippen LogP contribution in [0, 0.1) is 0 Å². The van der Waals surface area contributed by atoms with Crippen molar-refractivity contribution in [1.82, 2.24) is 0 Å². The van der Waals surface area contributed by atoms with Crippen molar-refractivity contribution in [3.05, 3.63) is 28.2 Å². The second kappa shape index (κ2) is 8.16. The van der Waals surface area contributed by atoms with Crippen LogP contribution in [-0.4, -0.2) is 20.2 Å². The van der Waals surface area contributed by atoms with Gasteiger partial charge in [0, 0.05) is 0 Å². The van der Waals surface area contributed by atoms with Crippen molar-refractivity contribution in [1.29, 1.82) is 0 Å². The van der Waals surface area contributed by atoms with E-state index in [0.717, 1.165) is 10.0 Å². The van der Waals surface area contributed by atoms with Crippen LogP contribution in [0.3, 0.4) is 0 Å². The summed E-state index contributed by atoms with van der Waals surface area (Å²) < 4.78 is 10.5. The molecule has 1 aromatic rings. The van der Waals surface area contributed by atoms with Gasteiger partial charge in [0.05, 0.1) is 25.1 Å². The highest BCUT2D eigenvalue weighted by Crippen LogP contribution is 2.28. The van der Waals surface area contributed by atoms with Crippen molar-refractivity contribution < 1.29 is 14.3 Å². The maximum atomic E-state index is 11.0. The molecule has 0 saturated carbocycles. The molecule has 3 nitrogen and oxygen atoms in total. The van der Waals surface area contributed by atoms with Gasteiger partial charge in [-0.1, -0.05) is 26.0 Å². The first-order valence-electron chi connectivity index (χ1n) is 5.07. The maximum absolute atomic E-state index is 11.0. The molecule has 1 aromatic carbocycles. The van der Waals surface area contributed by atoms with Gasteiger partial charge in [-0.05, 0) is 27.6 Å². The van der Waals surface area contributed by atoms with Gasteiger partial charge in [0.1, 0.15) is 5.75 Å². The predicted octanol–water partition coefficient (Wildman–Crippen LogP) is 3.20. The summed E-state index contributed by atoms with van der Waals surface area (Å²) in [5.74, 6) is 0.449. The molecular formula is C12H17BrO3.